The Morgan fingerprint density at radius 3 is 2.68 bits per heavy atom. The van der Waals surface area contributed by atoms with Crippen molar-refractivity contribution in [1.29, 1.82) is 0 Å². The minimum Gasteiger partial charge on any atom is -0.338 e. The van der Waals surface area contributed by atoms with Crippen LogP contribution in [0.5, 0.6) is 0 Å². The van der Waals surface area contributed by atoms with Crippen molar-refractivity contribution < 1.29 is 4.52 Å². The molecule has 19 heavy (non-hydrogen) atoms. The fourth-order valence-corrected chi connectivity index (χ4v) is 3.01. The third kappa shape index (κ3) is 3.70. The summed E-state index contributed by atoms with van der Waals surface area (Å²) in [6, 6.07) is 0. The number of rotatable bonds is 8. The van der Waals surface area contributed by atoms with E-state index >= 15 is 0 Å². The van der Waals surface area contributed by atoms with Crippen molar-refractivity contribution in [2.45, 2.75) is 44.4 Å². The van der Waals surface area contributed by atoms with Gasteiger partial charge in [0.2, 0.25) is 5.89 Å². The zero-order chi connectivity index (χ0) is 13.7. The summed E-state index contributed by atoms with van der Waals surface area (Å²) in [4.78, 5) is 6.84. The highest BCUT2D eigenvalue weighted by Crippen LogP contribution is 2.36. The Labute approximate surface area is 119 Å². The molecule has 0 saturated heterocycles. The Kier molecular flexibility index (Phi) is 5.24. The molecule has 0 radical (unpaired) electrons. The molecule has 0 unspecified atom stereocenters. The van der Waals surface area contributed by atoms with Crippen LogP contribution in [0.25, 0.3) is 0 Å². The number of nitrogens with two attached hydrogens (primary N) is 1. The van der Waals surface area contributed by atoms with Crippen molar-refractivity contribution in [1.82, 2.24) is 15.0 Å². The fraction of sp³-hybridized carbons (Fsp3) is 0.846. The first-order chi connectivity index (χ1) is 9.18. The van der Waals surface area contributed by atoms with Gasteiger partial charge >= 0.3 is 0 Å². The summed E-state index contributed by atoms with van der Waals surface area (Å²) in [6.07, 6.45) is 3.11. The van der Waals surface area contributed by atoms with Crippen molar-refractivity contribution >= 4 is 11.8 Å². The van der Waals surface area contributed by atoms with Crippen LogP contribution in [0.15, 0.2) is 4.52 Å². The van der Waals surface area contributed by atoms with E-state index in [2.05, 4.69) is 28.9 Å². The highest BCUT2D eigenvalue weighted by Gasteiger charge is 2.38. The van der Waals surface area contributed by atoms with Crippen LogP contribution in [0, 0.1) is 0 Å². The number of aromatic nitrogens is 2. The van der Waals surface area contributed by atoms with Crippen LogP contribution in [0.4, 0.5) is 0 Å². The Morgan fingerprint density at radius 2 is 2.11 bits per heavy atom. The lowest BCUT2D eigenvalue weighted by molar-refractivity contribution is 0.229. The number of hydrogen-bond donors (Lipinski definition) is 1. The molecule has 1 fully saturated rings. The average Bonchev–Trinajstić information content (AvgIpc) is 2.85. The molecule has 0 spiro atoms. The first-order valence-corrected chi connectivity index (χ1v) is 8.25. The molecule has 1 aliphatic rings. The lowest BCUT2D eigenvalue weighted by Gasteiger charge is -2.34. The first kappa shape index (κ1) is 14.8. The number of hydrogen-bond acceptors (Lipinski definition) is 6. The van der Waals surface area contributed by atoms with Crippen LogP contribution in [0.2, 0.25) is 0 Å². The Bertz CT molecular complexity index is 388. The van der Waals surface area contributed by atoms with Gasteiger partial charge in [0.1, 0.15) is 0 Å². The van der Waals surface area contributed by atoms with Gasteiger partial charge in [0, 0.05) is 12.3 Å². The quantitative estimate of drug-likeness (QED) is 0.736. The van der Waals surface area contributed by atoms with Gasteiger partial charge in [0.25, 0.3) is 0 Å². The predicted octanol–water partition coefficient (Wildman–Crippen LogP) is 1.98. The summed E-state index contributed by atoms with van der Waals surface area (Å²) >= 11 is 1.84. The highest BCUT2D eigenvalue weighted by atomic mass is 32.2. The van der Waals surface area contributed by atoms with E-state index in [0.717, 1.165) is 44.0 Å². The van der Waals surface area contributed by atoms with E-state index in [4.69, 9.17) is 10.3 Å². The van der Waals surface area contributed by atoms with E-state index in [1.165, 1.54) is 6.42 Å². The molecule has 0 amide bonds. The smallest absolute Gasteiger partial charge is 0.236 e. The van der Waals surface area contributed by atoms with Crippen LogP contribution < -0.4 is 5.73 Å². The van der Waals surface area contributed by atoms with Gasteiger partial charge in [-0.1, -0.05) is 19.0 Å². The molecule has 5 nitrogen and oxygen atoms in total. The molecule has 108 valence electrons. The molecular formula is C13H24N4OS. The molecule has 1 aliphatic carbocycles. The van der Waals surface area contributed by atoms with Crippen LogP contribution in [0.3, 0.4) is 0 Å². The van der Waals surface area contributed by atoms with Gasteiger partial charge in [0.05, 0.1) is 11.3 Å². The predicted molar refractivity (Wildman–Crippen MR) is 78.0 cm³/mol. The summed E-state index contributed by atoms with van der Waals surface area (Å²) < 4.78 is 5.27. The summed E-state index contributed by atoms with van der Waals surface area (Å²) in [6.45, 7) is 7.71. The van der Waals surface area contributed by atoms with E-state index < -0.39 is 0 Å². The van der Waals surface area contributed by atoms with Gasteiger partial charge in [-0.25, -0.2) is 0 Å². The third-order valence-corrected chi connectivity index (χ3v) is 4.75. The van der Waals surface area contributed by atoms with Gasteiger partial charge in [0.15, 0.2) is 5.82 Å². The number of thioether (sulfide) groups is 1. The summed E-state index contributed by atoms with van der Waals surface area (Å²) in [5.74, 6) is 3.27. The molecule has 2 N–H and O–H groups in total. The highest BCUT2D eigenvalue weighted by molar-refractivity contribution is 7.98. The molecule has 1 aromatic heterocycles. The summed E-state index contributed by atoms with van der Waals surface area (Å²) in [5.41, 5.74) is 5.86. The van der Waals surface area contributed by atoms with Gasteiger partial charge in [-0.2, -0.15) is 16.7 Å². The maximum Gasteiger partial charge on any atom is 0.236 e. The second-order valence-corrected chi connectivity index (χ2v) is 6.21. The second-order valence-electron chi connectivity index (χ2n) is 5.10. The monoisotopic (exact) mass is 284 g/mol. The van der Waals surface area contributed by atoms with E-state index in [1.807, 2.05) is 11.8 Å². The van der Waals surface area contributed by atoms with E-state index in [1.54, 1.807) is 0 Å². The molecular weight excluding hydrogens is 260 g/mol. The first-order valence-electron chi connectivity index (χ1n) is 7.10. The molecule has 1 aromatic rings. The fourth-order valence-electron chi connectivity index (χ4n) is 2.19. The molecule has 0 aromatic carbocycles. The second kappa shape index (κ2) is 6.72. The standard InChI is InChI=1S/C13H24N4OS/c1-3-17(4-2)8-9-19-10-11-15-12(16-18-11)13(14)6-5-7-13/h3-10,14H2,1-2H3. The maximum atomic E-state index is 6.17. The molecule has 1 saturated carbocycles. The number of nitrogens with zero attached hydrogens (tertiary/aromatic N) is 3. The van der Waals surface area contributed by atoms with Crippen molar-refractivity contribution in [2.75, 3.05) is 25.4 Å². The van der Waals surface area contributed by atoms with Crippen LogP contribution >= 0.6 is 11.8 Å². The van der Waals surface area contributed by atoms with Crippen LogP contribution in [0.1, 0.15) is 44.8 Å². The Balaban J connectivity index is 1.72. The van der Waals surface area contributed by atoms with Gasteiger partial charge in [-0.3, -0.25) is 0 Å². The van der Waals surface area contributed by atoms with Crippen molar-refractivity contribution in [2.24, 2.45) is 5.73 Å². The molecule has 0 aliphatic heterocycles. The zero-order valence-corrected chi connectivity index (χ0v) is 12.7. The molecule has 0 bridgehead atoms. The van der Waals surface area contributed by atoms with E-state index in [9.17, 15) is 0 Å². The minimum atomic E-state index is -0.312. The lowest BCUT2D eigenvalue weighted by atomic mass is 9.77. The van der Waals surface area contributed by atoms with Crippen molar-refractivity contribution in [3.63, 3.8) is 0 Å². The molecule has 2 rings (SSSR count). The maximum absolute atomic E-state index is 6.17. The third-order valence-electron chi connectivity index (χ3n) is 3.83. The van der Waals surface area contributed by atoms with Crippen molar-refractivity contribution in [3.05, 3.63) is 11.7 Å². The van der Waals surface area contributed by atoms with Gasteiger partial charge in [-0.05, 0) is 32.4 Å². The Hall–Kier alpha value is -0.590. The lowest BCUT2D eigenvalue weighted by Crippen LogP contribution is -2.44. The zero-order valence-electron chi connectivity index (χ0n) is 11.9. The van der Waals surface area contributed by atoms with Crippen LogP contribution in [-0.2, 0) is 11.3 Å². The van der Waals surface area contributed by atoms with E-state index in [0.29, 0.717) is 11.7 Å². The molecule has 6 heteroatoms. The largest absolute Gasteiger partial charge is 0.338 e. The SMILES string of the molecule is CCN(CC)CCSCc1nc(C2(N)CCC2)no1. The minimum absolute atomic E-state index is 0.312. The van der Waals surface area contributed by atoms with Crippen LogP contribution in [-0.4, -0.2) is 40.4 Å². The van der Waals surface area contributed by atoms with Gasteiger partial charge < -0.3 is 15.2 Å². The molecule has 0 atom stereocenters. The summed E-state index contributed by atoms with van der Waals surface area (Å²) in [5, 5.41) is 4.02. The average molecular weight is 284 g/mol. The molecule has 1 heterocycles. The Morgan fingerprint density at radius 1 is 1.37 bits per heavy atom. The van der Waals surface area contributed by atoms with E-state index in [-0.39, 0.29) is 5.54 Å². The topological polar surface area (TPSA) is 68.2 Å². The van der Waals surface area contributed by atoms with Crippen molar-refractivity contribution in [3.8, 4) is 0 Å². The summed E-state index contributed by atoms with van der Waals surface area (Å²) in [7, 11) is 0. The van der Waals surface area contributed by atoms with Gasteiger partial charge in [-0.15, -0.1) is 0 Å². The normalized spacial score (nSPS) is 17.7.